The van der Waals surface area contributed by atoms with E-state index >= 15 is 0 Å². The molecule has 0 unspecified atom stereocenters. The maximum Gasteiger partial charge on any atom is 0.227 e. The van der Waals surface area contributed by atoms with Gasteiger partial charge in [-0.15, -0.1) is 0 Å². The van der Waals surface area contributed by atoms with Gasteiger partial charge in [0.2, 0.25) is 5.89 Å². The van der Waals surface area contributed by atoms with Gasteiger partial charge in [0.25, 0.3) is 0 Å². The summed E-state index contributed by atoms with van der Waals surface area (Å²) in [5.41, 5.74) is 7.73. The maximum absolute atomic E-state index is 5.96. The van der Waals surface area contributed by atoms with E-state index in [9.17, 15) is 0 Å². The van der Waals surface area contributed by atoms with Gasteiger partial charge in [0.15, 0.2) is 5.58 Å². The van der Waals surface area contributed by atoms with Gasteiger partial charge in [0.1, 0.15) is 5.52 Å². The van der Waals surface area contributed by atoms with Gasteiger partial charge in [0, 0.05) is 5.56 Å². The molecule has 19 heavy (non-hydrogen) atoms. The first-order valence-corrected chi connectivity index (χ1v) is 6.50. The summed E-state index contributed by atoms with van der Waals surface area (Å²) in [4.78, 5) is 4.68. The van der Waals surface area contributed by atoms with E-state index in [1.807, 2.05) is 12.1 Å². The number of hydrogen-bond acceptors (Lipinski definition) is 2. The second kappa shape index (κ2) is 4.23. The Morgan fingerprint density at radius 2 is 1.74 bits per heavy atom. The third-order valence-electron chi connectivity index (χ3n) is 3.63. The molecule has 96 valence electrons. The van der Waals surface area contributed by atoms with E-state index < -0.39 is 0 Å². The molecule has 0 N–H and O–H groups in total. The minimum Gasteiger partial charge on any atom is -0.436 e. The molecule has 0 bridgehead atoms. The second-order valence-corrected chi connectivity index (χ2v) is 5.20. The van der Waals surface area contributed by atoms with Crippen molar-refractivity contribution in [2.45, 2.75) is 27.7 Å². The Labute approximate surface area is 113 Å². The van der Waals surface area contributed by atoms with E-state index in [1.54, 1.807) is 0 Å². The Balaban J connectivity index is 2.28. The molecule has 2 heteroatoms. The zero-order valence-corrected chi connectivity index (χ0v) is 11.7. The van der Waals surface area contributed by atoms with Gasteiger partial charge < -0.3 is 4.42 Å². The molecular formula is C17H17NO. The number of hydrogen-bond donors (Lipinski definition) is 0. The van der Waals surface area contributed by atoms with Crippen LogP contribution in [0.4, 0.5) is 0 Å². The van der Waals surface area contributed by atoms with Gasteiger partial charge >= 0.3 is 0 Å². The largest absolute Gasteiger partial charge is 0.436 e. The number of nitrogens with zero attached hydrogens (tertiary/aromatic N) is 1. The number of fused-ring (bicyclic) bond motifs is 1. The summed E-state index contributed by atoms with van der Waals surface area (Å²) in [7, 11) is 0. The summed E-state index contributed by atoms with van der Waals surface area (Å²) < 4.78 is 5.96. The normalized spacial score (nSPS) is 11.2. The molecule has 2 nitrogen and oxygen atoms in total. The summed E-state index contributed by atoms with van der Waals surface area (Å²) in [6.07, 6.45) is 0. The minimum absolute atomic E-state index is 0.704. The molecule has 0 radical (unpaired) electrons. The molecule has 0 aliphatic rings. The molecule has 3 aromatic rings. The predicted octanol–water partition coefficient (Wildman–Crippen LogP) is 4.73. The molecular weight excluding hydrogens is 234 g/mol. The minimum atomic E-state index is 0.704. The smallest absolute Gasteiger partial charge is 0.227 e. The Morgan fingerprint density at radius 3 is 2.47 bits per heavy atom. The fourth-order valence-electron chi connectivity index (χ4n) is 2.43. The van der Waals surface area contributed by atoms with Crippen LogP contribution in [-0.4, -0.2) is 4.98 Å². The van der Waals surface area contributed by atoms with Crippen molar-refractivity contribution >= 4 is 11.1 Å². The van der Waals surface area contributed by atoms with Crippen LogP contribution < -0.4 is 0 Å². The van der Waals surface area contributed by atoms with Gasteiger partial charge in [-0.25, -0.2) is 4.98 Å². The number of rotatable bonds is 1. The Kier molecular flexibility index (Phi) is 2.67. The zero-order chi connectivity index (χ0) is 13.6. The standard InChI is InChI=1S/C17H17NO/c1-10-6-5-7-14(8-10)17-18-15-13(4)11(2)9-12(3)16(15)19-17/h5-9H,1-4H3. The van der Waals surface area contributed by atoms with E-state index in [4.69, 9.17) is 4.42 Å². The third kappa shape index (κ3) is 1.93. The van der Waals surface area contributed by atoms with Crippen molar-refractivity contribution in [1.29, 1.82) is 0 Å². The molecule has 1 aromatic heterocycles. The number of benzene rings is 2. The molecule has 0 amide bonds. The van der Waals surface area contributed by atoms with Crippen molar-refractivity contribution < 1.29 is 4.42 Å². The van der Waals surface area contributed by atoms with Gasteiger partial charge in [-0.1, -0.05) is 23.8 Å². The van der Waals surface area contributed by atoms with Crippen LogP contribution in [0.15, 0.2) is 34.7 Å². The highest BCUT2D eigenvalue weighted by molar-refractivity contribution is 5.83. The lowest BCUT2D eigenvalue weighted by Gasteiger charge is -2.01. The number of aryl methyl sites for hydroxylation is 4. The van der Waals surface area contributed by atoms with E-state index in [2.05, 4.69) is 50.9 Å². The highest BCUT2D eigenvalue weighted by Gasteiger charge is 2.13. The van der Waals surface area contributed by atoms with E-state index in [0.717, 1.165) is 22.2 Å². The van der Waals surface area contributed by atoms with Crippen LogP contribution in [0.3, 0.4) is 0 Å². The van der Waals surface area contributed by atoms with Gasteiger partial charge in [-0.2, -0.15) is 0 Å². The first kappa shape index (κ1) is 12.0. The first-order chi connectivity index (χ1) is 9.06. The predicted molar refractivity (Wildman–Crippen MR) is 78.4 cm³/mol. The molecule has 0 aliphatic heterocycles. The molecule has 2 aromatic carbocycles. The third-order valence-corrected chi connectivity index (χ3v) is 3.63. The molecule has 1 heterocycles. The maximum atomic E-state index is 5.96. The van der Waals surface area contributed by atoms with Crippen molar-refractivity contribution in [2.24, 2.45) is 0 Å². The van der Waals surface area contributed by atoms with Crippen LogP contribution in [0, 0.1) is 27.7 Å². The monoisotopic (exact) mass is 251 g/mol. The van der Waals surface area contributed by atoms with Crippen LogP contribution in [-0.2, 0) is 0 Å². The molecule has 0 aliphatic carbocycles. The molecule has 0 saturated heterocycles. The van der Waals surface area contributed by atoms with Crippen LogP contribution in [0.1, 0.15) is 22.3 Å². The summed E-state index contributed by atoms with van der Waals surface area (Å²) >= 11 is 0. The SMILES string of the molecule is Cc1cccc(-c2nc3c(C)c(C)cc(C)c3o2)c1. The number of oxazole rings is 1. The quantitative estimate of drug-likeness (QED) is 0.625. The summed E-state index contributed by atoms with van der Waals surface area (Å²) in [6.45, 7) is 8.36. The lowest BCUT2D eigenvalue weighted by Crippen LogP contribution is -1.85. The molecule has 0 fully saturated rings. The zero-order valence-electron chi connectivity index (χ0n) is 11.7. The lowest BCUT2D eigenvalue weighted by atomic mass is 10.1. The summed E-state index contributed by atoms with van der Waals surface area (Å²) in [5, 5.41) is 0. The van der Waals surface area contributed by atoms with Crippen LogP contribution in [0.5, 0.6) is 0 Å². The Hall–Kier alpha value is -2.09. The fourth-order valence-corrected chi connectivity index (χ4v) is 2.43. The summed E-state index contributed by atoms with van der Waals surface area (Å²) in [6, 6.07) is 10.4. The van der Waals surface area contributed by atoms with Crippen molar-refractivity contribution in [3.05, 3.63) is 52.6 Å². The fraction of sp³-hybridized carbons (Fsp3) is 0.235. The average molecular weight is 251 g/mol. The average Bonchev–Trinajstić information content (AvgIpc) is 2.82. The Bertz CT molecular complexity index is 768. The van der Waals surface area contributed by atoms with E-state index in [1.165, 1.54) is 16.7 Å². The Morgan fingerprint density at radius 1 is 0.947 bits per heavy atom. The van der Waals surface area contributed by atoms with Crippen molar-refractivity contribution in [2.75, 3.05) is 0 Å². The lowest BCUT2D eigenvalue weighted by molar-refractivity contribution is 0.617. The molecule has 0 atom stereocenters. The van der Waals surface area contributed by atoms with Crippen LogP contribution in [0.2, 0.25) is 0 Å². The highest BCUT2D eigenvalue weighted by atomic mass is 16.3. The highest BCUT2D eigenvalue weighted by Crippen LogP contribution is 2.30. The van der Waals surface area contributed by atoms with E-state index in [-0.39, 0.29) is 0 Å². The van der Waals surface area contributed by atoms with Gasteiger partial charge in [-0.3, -0.25) is 0 Å². The number of aromatic nitrogens is 1. The van der Waals surface area contributed by atoms with E-state index in [0.29, 0.717) is 5.89 Å². The topological polar surface area (TPSA) is 26.0 Å². The molecule has 0 spiro atoms. The van der Waals surface area contributed by atoms with Gasteiger partial charge in [-0.05, 0) is 56.5 Å². The molecule has 0 saturated carbocycles. The van der Waals surface area contributed by atoms with Crippen LogP contribution in [0.25, 0.3) is 22.6 Å². The van der Waals surface area contributed by atoms with Crippen molar-refractivity contribution in [3.63, 3.8) is 0 Å². The van der Waals surface area contributed by atoms with Crippen molar-refractivity contribution in [3.8, 4) is 11.5 Å². The molecule has 3 rings (SSSR count). The van der Waals surface area contributed by atoms with Gasteiger partial charge in [0.05, 0.1) is 0 Å². The van der Waals surface area contributed by atoms with Crippen molar-refractivity contribution in [1.82, 2.24) is 4.98 Å². The second-order valence-electron chi connectivity index (χ2n) is 5.20. The van der Waals surface area contributed by atoms with Crippen LogP contribution >= 0.6 is 0 Å². The summed E-state index contributed by atoms with van der Waals surface area (Å²) in [5.74, 6) is 0.704. The first-order valence-electron chi connectivity index (χ1n) is 6.50.